The molecule has 1 aliphatic heterocycles. The van der Waals surface area contributed by atoms with Gasteiger partial charge in [0.05, 0.1) is 18.1 Å². The van der Waals surface area contributed by atoms with E-state index in [0.29, 0.717) is 15.6 Å². The van der Waals surface area contributed by atoms with Crippen molar-refractivity contribution in [1.29, 1.82) is 0 Å². The molecular formula is C35H42BrNO7S. The Morgan fingerprint density at radius 3 is 1.76 bits per heavy atom. The van der Waals surface area contributed by atoms with Gasteiger partial charge in [0.2, 0.25) is 10.0 Å². The first kappa shape index (κ1) is 34.8. The number of hydrogen-bond acceptors (Lipinski definition) is 7. The summed E-state index contributed by atoms with van der Waals surface area (Å²) in [6, 6.07) is 20.2. The number of carbonyl (C=O) groups is 2. The molecule has 0 aliphatic carbocycles. The summed E-state index contributed by atoms with van der Waals surface area (Å²) in [7, 11) is -4.63. The molecule has 0 amide bonds. The van der Waals surface area contributed by atoms with E-state index < -0.39 is 50.7 Å². The molecule has 0 bridgehead atoms. The quantitative estimate of drug-likeness (QED) is 0.178. The number of benzene rings is 3. The SMILES string of the molecule is Cc1ccc([C@H]2OC(c3cccc(Br)c3)N(S(=O)(=O)c3ccc(C)cc3)C2(C(=O)OCC(C)(C)C)C(=O)OCC(C)(C)C)cc1. The molecular weight excluding hydrogens is 658 g/mol. The summed E-state index contributed by atoms with van der Waals surface area (Å²) in [6.07, 6.45) is -2.81. The van der Waals surface area contributed by atoms with Gasteiger partial charge < -0.3 is 14.2 Å². The minimum absolute atomic E-state index is 0.0826. The largest absolute Gasteiger partial charge is 0.463 e. The zero-order valence-electron chi connectivity index (χ0n) is 27.1. The lowest BCUT2D eigenvalue weighted by atomic mass is 9.87. The maximum atomic E-state index is 14.9. The summed E-state index contributed by atoms with van der Waals surface area (Å²) in [5.41, 5.74) is -0.963. The van der Waals surface area contributed by atoms with E-state index in [9.17, 15) is 18.0 Å². The first-order valence-electron chi connectivity index (χ1n) is 14.8. The molecule has 45 heavy (non-hydrogen) atoms. The van der Waals surface area contributed by atoms with E-state index in [1.165, 1.54) is 12.1 Å². The third kappa shape index (κ3) is 7.51. The highest BCUT2D eigenvalue weighted by atomic mass is 79.9. The average molecular weight is 701 g/mol. The van der Waals surface area contributed by atoms with Crippen LogP contribution in [0.2, 0.25) is 0 Å². The molecule has 1 heterocycles. The molecule has 8 nitrogen and oxygen atoms in total. The van der Waals surface area contributed by atoms with Crippen molar-refractivity contribution in [1.82, 2.24) is 4.31 Å². The van der Waals surface area contributed by atoms with Crippen LogP contribution in [0.1, 0.15) is 76.1 Å². The van der Waals surface area contributed by atoms with Gasteiger partial charge in [-0.15, -0.1) is 4.31 Å². The monoisotopic (exact) mass is 699 g/mol. The molecule has 0 radical (unpaired) electrons. The average Bonchev–Trinajstić information content (AvgIpc) is 3.32. The number of hydrogen-bond donors (Lipinski definition) is 0. The van der Waals surface area contributed by atoms with Crippen molar-refractivity contribution in [2.24, 2.45) is 10.8 Å². The molecule has 4 rings (SSSR count). The molecule has 242 valence electrons. The van der Waals surface area contributed by atoms with Gasteiger partial charge in [-0.2, -0.15) is 0 Å². The highest BCUT2D eigenvalue weighted by Gasteiger charge is 2.71. The van der Waals surface area contributed by atoms with Crippen LogP contribution >= 0.6 is 15.9 Å². The lowest BCUT2D eigenvalue weighted by molar-refractivity contribution is -0.176. The number of carbonyl (C=O) groups excluding carboxylic acids is 2. The minimum Gasteiger partial charge on any atom is -0.463 e. The van der Waals surface area contributed by atoms with Crippen LogP contribution in [0.15, 0.2) is 82.2 Å². The van der Waals surface area contributed by atoms with E-state index >= 15 is 0 Å². The summed E-state index contributed by atoms with van der Waals surface area (Å²) in [6.45, 7) is 14.8. The fraction of sp³-hybridized carbons (Fsp3) is 0.429. The Hall–Kier alpha value is -3.05. The molecule has 2 atom stereocenters. The predicted octanol–water partition coefficient (Wildman–Crippen LogP) is 7.44. The second-order valence-electron chi connectivity index (χ2n) is 14.0. The standard InChI is InChI=1S/C35H42BrNO7S/c1-23-12-16-25(17-13-23)29-35(31(38)42-21-33(3,4)5,32(39)43-22-34(6,7)8)37(30(44-29)26-10-9-11-27(36)20-26)45(40,41)28-18-14-24(2)15-19-28/h9-20,29-30H,21-22H2,1-8H3/t29-,30?/m1/s1. The van der Waals surface area contributed by atoms with Crippen LogP contribution in [0.5, 0.6) is 0 Å². The van der Waals surface area contributed by atoms with Gasteiger partial charge >= 0.3 is 11.9 Å². The lowest BCUT2D eigenvalue weighted by Crippen LogP contribution is -2.63. The normalized spacial score (nSPS) is 18.9. The van der Waals surface area contributed by atoms with Crippen LogP contribution in [0.3, 0.4) is 0 Å². The predicted molar refractivity (Wildman–Crippen MR) is 176 cm³/mol. The third-order valence-electron chi connectivity index (χ3n) is 7.19. The summed E-state index contributed by atoms with van der Waals surface area (Å²) >= 11 is 3.47. The number of aryl methyl sites for hydroxylation is 2. The second kappa shape index (κ2) is 13.0. The molecule has 1 aliphatic rings. The molecule has 3 aromatic rings. The van der Waals surface area contributed by atoms with Crippen LogP contribution < -0.4 is 0 Å². The van der Waals surface area contributed by atoms with E-state index in [4.69, 9.17) is 14.2 Å². The Morgan fingerprint density at radius 1 is 0.800 bits per heavy atom. The van der Waals surface area contributed by atoms with Crippen molar-refractivity contribution in [3.63, 3.8) is 0 Å². The van der Waals surface area contributed by atoms with Crippen molar-refractivity contribution in [2.45, 2.75) is 78.2 Å². The molecule has 3 aromatic carbocycles. The van der Waals surface area contributed by atoms with E-state index in [2.05, 4.69) is 15.9 Å². The number of nitrogens with zero attached hydrogens (tertiary/aromatic N) is 1. The number of halogens is 1. The summed E-state index contributed by atoms with van der Waals surface area (Å²) in [4.78, 5) is 29.3. The van der Waals surface area contributed by atoms with E-state index in [0.717, 1.165) is 15.4 Å². The maximum absolute atomic E-state index is 14.9. The maximum Gasteiger partial charge on any atom is 0.342 e. The fourth-order valence-electron chi connectivity index (χ4n) is 4.92. The van der Waals surface area contributed by atoms with E-state index in [1.54, 1.807) is 48.5 Å². The number of rotatable bonds is 8. The molecule has 0 spiro atoms. The molecule has 1 unspecified atom stereocenters. The van der Waals surface area contributed by atoms with E-state index in [-0.39, 0.29) is 18.1 Å². The topological polar surface area (TPSA) is 99.2 Å². The zero-order valence-corrected chi connectivity index (χ0v) is 29.5. The fourth-order valence-corrected chi connectivity index (χ4v) is 7.09. The highest BCUT2D eigenvalue weighted by Crippen LogP contribution is 2.53. The van der Waals surface area contributed by atoms with Gasteiger partial charge in [-0.3, -0.25) is 0 Å². The second-order valence-corrected chi connectivity index (χ2v) is 16.7. The first-order valence-corrected chi connectivity index (χ1v) is 17.0. The van der Waals surface area contributed by atoms with Crippen LogP contribution in [-0.2, 0) is 33.8 Å². The van der Waals surface area contributed by atoms with Crippen LogP contribution in [0.4, 0.5) is 0 Å². The Morgan fingerprint density at radius 2 is 1.29 bits per heavy atom. The molecule has 0 aromatic heterocycles. The summed E-state index contributed by atoms with van der Waals surface area (Å²) < 4.78 is 49.7. The molecule has 1 fully saturated rings. The third-order valence-corrected chi connectivity index (χ3v) is 9.55. The van der Waals surface area contributed by atoms with Crippen molar-refractivity contribution in [2.75, 3.05) is 13.2 Å². The number of ether oxygens (including phenoxy) is 3. The lowest BCUT2D eigenvalue weighted by Gasteiger charge is -2.37. The van der Waals surface area contributed by atoms with Crippen LogP contribution in [0, 0.1) is 24.7 Å². The van der Waals surface area contributed by atoms with Gasteiger partial charge in [-0.1, -0.05) is 117 Å². The van der Waals surface area contributed by atoms with Gasteiger partial charge in [-0.25, -0.2) is 18.0 Å². The minimum atomic E-state index is -4.63. The Bertz CT molecular complexity index is 1610. The first-order chi connectivity index (χ1) is 20.9. The van der Waals surface area contributed by atoms with Gasteiger partial charge in [0.25, 0.3) is 5.54 Å². The number of sulfonamides is 1. The smallest absolute Gasteiger partial charge is 0.342 e. The Balaban J connectivity index is 2.09. The van der Waals surface area contributed by atoms with Crippen LogP contribution in [0.25, 0.3) is 0 Å². The molecule has 1 saturated heterocycles. The Labute approximate surface area is 275 Å². The van der Waals surface area contributed by atoms with Crippen molar-refractivity contribution in [3.8, 4) is 0 Å². The Kier molecular flexibility index (Phi) is 10.0. The van der Waals surface area contributed by atoms with Crippen molar-refractivity contribution < 1.29 is 32.2 Å². The van der Waals surface area contributed by atoms with Crippen molar-refractivity contribution >= 4 is 37.9 Å². The summed E-state index contributed by atoms with van der Waals surface area (Å²) in [5, 5.41) is 0. The number of esters is 2. The van der Waals surface area contributed by atoms with Crippen molar-refractivity contribution in [3.05, 3.63) is 99.5 Å². The molecule has 0 N–H and O–H groups in total. The molecule has 10 heteroatoms. The van der Waals surface area contributed by atoms with Gasteiger partial charge in [0.1, 0.15) is 6.10 Å². The zero-order chi connectivity index (χ0) is 33.4. The molecule has 0 saturated carbocycles. The summed E-state index contributed by atoms with van der Waals surface area (Å²) in [5.74, 6) is -2.15. The highest BCUT2D eigenvalue weighted by molar-refractivity contribution is 9.10. The van der Waals surface area contributed by atoms with Crippen LogP contribution in [-0.4, -0.2) is 43.4 Å². The van der Waals surface area contributed by atoms with Gasteiger partial charge in [0, 0.05) is 4.47 Å². The van der Waals surface area contributed by atoms with Gasteiger partial charge in [0.15, 0.2) is 6.23 Å². The van der Waals surface area contributed by atoms with Gasteiger partial charge in [-0.05, 0) is 60.1 Å². The van der Waals surface area contributed by atoms with E-state index in [1.807, 2.05) is 67.5 Å².